The molecule has 0 bridgehead atoms. The molecule has 0 saturated heterocycles. The topological polar surface area (TPSA) is 72.3 Å². The SMILES string of the molecule is CCCOc1nc2c(s1)CCN(CCC1CCC(NC(=O)c3cccc4nn(C)cc34)CC1)C2. The average molecular weight is 482 g/mol. The van der Waals surface area contributed by atoms with Crippen LogP contribution in [-0.2, 0) is 20.0 Å². The Morgan fingerprint density at radius 3 is 2.94 bits per heavy atom. The number of fused-ring (bicyclic) bond motifs is 2. The minimum atomic E-state index is 0.0247. The molecule has 0 radical (unpaired) electrons. The number of amides is 1. The third-order valence-corrected chi connectivity index (χ3v) is 8.23. The fourth-order valence-corrected chi connectivity index (χ4v) is 6.18. The van der Waals surface area contributed by atoms with Gasteiger partial charge in [-0.05, 0) is 69.5 Å². The van der Waals surface area contributed by atoms with Gasteiger partial charge in [0.15, 0.2) is 0 Å². The van der Waals surface area contributed by atoms with E-state index in [1.54, 1.807) is 16.0 Å². The van der Waals surface area contributed by atoms with Crippen LogP contribution in [0.1, 0.15) is 66.4 Å². The summed E-state index contributed by atoms with van der Waals surface area (Å²) in [6.07, 6.45) is 9.76. The Labute approximate surface area is 205 Å². The summed E-state index contributed by atoms with van der Waals surface area (Å²) < 4.78 is 7.51. The quantitative estimate of drug-likeness (QED) is 0.511. The van der Waals surface area contributed by atoms with Gasteiger partial charge in [0.2, 0.25) is 0 Å². The number of aryl methyl sites for hydroxylation is 1. The van der Waals surface area contributed by atoms with Gasteiger partial charge in [-0.25, -0.2) is 4.98 Å². The van der Waals surface area contributed by atoms with E-state index in [0.717, 1.165) is 79.5 Å². The minimum absolute atomic E-state index is 0.0247. The molecule has 2 aliphatic rings. The van der Waals surface area contributed by atoms with E-state index >= 15 is 0 Å². The Bertz CT molecular complexity index is 1130. The number of carbonyl (C=O) groups is 1. The van der Waals surface area contributed by atoms with Crippen LogP contribution in [0, 0.1) is 5.92 Å². The molecule has 1 fully saturated rings. The number of carbonyl (C=O) groups excluding carboxylic acids is 1. The van der Waals surface area contributed by atoms with Crippen LogP contribution in [0.25, 0.3) is 10.9 Å². The summed E-state index contributed by atoms with van der Waals surface area (Å²) in [5.41, 5.74) is 2.81. The average Bonchev–Trinajstić information content (AvgIpc) is 3.43. The number of nitrogens with zero attached hydrogens (tertiary/aromatic N) is 4. The molecule has 2 aromatic heterocycles. The Hall–Kier alpha value is -2.45. The zero-order chi connectivity index (χ0) is 23.5. The second-order valence-corrected chi connectivity index (χ2v) is 10.8. The second-order valence-electron chi connectivity index (χ2n) is 9.75. The lowest BCUT2D eigenvalue weighted by Crippen LogP contribution is -2.38. The van der Waals surface area contributed by atoms with Crippen LogP contribution in [0.4, 0.5) is 0 Å². The molecule has 1 aliphatic carbocycles. The molecule has 1 aliphatic heterocycles. The Morgan fingerprint density at radius 2 is 2.12 bits per heavy atom. The van der Waals surface area contributed by atoms with E-state index in [0.29, 0.717) is 0 Å². The molecule has 8 heteroatoms. The van der Waals surface area contributed by atoms with Gasteiger partial charge in [0, 0.05) is 42.6 Å². The Kier molecular flexibility index (Phi) is 7.15. The highest BCUT2D eigenvalue weighted by Crippen LogP contribution is 2.31. The van der Waals surface area contributed by atoms with Gasteiger partial charge < -0.3 is 10.1 Å². The van der Waals surface area contributed by atoms with E-state index in [1.165, 1.54) is 29.8 Å². The number of ether oxygens (including phenoxy) is 1. The zero-order valence-electron chi connectivity index (χ0n) is 20.3. The summed E-state index contributed by atoms with van der Waals surface area (Å²) in [5, 5.41) is 9.47. The predicted octanol–water partition coefficient (Wildman–Crippen LogP) is 4.56. The third kappa shape index (κ3) is 5.28. The summed E-state index contributed by atoms with van der Waals surface area (Å²) in [6, 6.07) is 6.03. The van der Waals surface area contributed by atoms with Gasteiger partial charge in [0.1, 0.15) is 0 Å². The van der Waals surface area contributed by atoms with Gasteiger partial charge in [0.25, 0.3) is 11.1 Å². The minimum Gasteiger partial charge on any atom is -0.470 e. The first kappa shape index (κ1) is 23.3. The van der Waals surface area contributed by atoms with Gasteiger partial charge in [-0.2, -0.15) is 5.10 Å². The van der Waals surface area contributed by atoms with Gasteiger partial charge in [-0.3, -0.25) is 14.4 Å². The second kappa shape index (κ2) is 10.4. The maximum absolute atomic E-state index is 12.9. The summed E-state index contributed by atoms with van der Waals surface area (Å²) in [7, 11) is 1.89. The number of aromatic nitrogens is 3. The molecule has 7 nitrogen and oxygen atoms in total. The lowest BCUT2D eigenvalue weighted by Gasteiger charge is -2.32. The summed E-state index contributed by atoms with van der Waals surface area (Å²) >= 11 is 1.73. The number of hydrogen-bond acceptors (Lipinski definition) is 6. The maximum Gasteiger partial charge on any atom is 0.273 e. The molecule has 0 atom stereocenters. The van der Waals surface area contributed by atoms with E-state index < -0.39 is 0 Å². The van der Waals surface area contributed by atoms with Crippen molar-refractivity contribution in [1.82, 2.24) is 25.0 Å². The van der Waals surface area contributed by atoms with Crippen LogP contribution < -0.4 is 10.1 Å². The van der Waals surface area contributed by atoms with E-state index in [4.69, 9.17) is 9.72 Å². The molecular weight excluding hydrogens is 446 g/mol. The molecular formula is C26H35N5O2S. The van der Waals surface area contributed by atoms with Crippen LogP contribution in [0.5, 0.6) is 5.19 Å². The van der Waals surface area contributed by atoms with Crippen LogP contribution in [0.3, 0.4) is 0 Å². The number of thiazole rings is 1. The third-order valence-electron chi connectivity index (χ3n) is 7.16. The summed E-state index contributed by atoms with van der Waals surface area (Å²) in [6.45, 7) is 6.07. The molecule has 3 heterocycles. The van der Waals surface area contributed by atoms with Crippen molar-refractivity contribution in [2.24, 2.45) is 13.0 Å². The van der Waals surface area contributed by atoms with Crippen LogP contribution in [0.15, 0.2) is 24.4 Å². The van der Waals surface area contributed by atoms with Gasteiger partial charge in [0.05, 0.1) is 23.4 Å². The first-order valence-electron chi connectivity index (χ1n) is 12.7. The Balaban J connectivity index is 1.07. The maximum atomic E-state index is 12.9. The fourth-order valence-electron chi connectivity index (χ4n) is 5.25. The summed E-state index contributed by atoms with van der Waals surface area (Å²) in [4.78, 5) is 21.6. The van der Waals surface area contributed by atoms with E-state index in [9.17, 15) is 4.79 Å². The molecule has 182 valence electrons. The highest BCUT2D eigenvalue weighted by atomic mass is 32.1. The largest absolute Gasteiger partial charge is 0.470 e. The van der Waals surface area contributed by atoms with E-state index in [-0.39, 0.29) is 11.9 Å². The molecule has 0 spiro atoms. The molecule has 1 N–H and O–H groups in total. The lowest BCUT2D eigenvalue weighted by molar-refractivity contribution is 0.0921. The molecule has 1 aromatic carbocycles. The van der Waals surface area contributed by atoms with Crippen LogP contribution in [-0.4, -0.2) is 51.3 Å². The van der Waals surface area contributed by atoms with Crippen LogP contribution >= 0.6 is 11.3 Å². The van der Waals surface area contributed by atoms with Crippen molar-refractivity contribution in [3.8, 4) is 5.19 Å². The highest BCUT2D eigenvalue weighted by Gasteiger charge is 2.26. The standard InChI is InChI=1S/C26H35N5O2S/c1-3-15-33-26-28-23-17-31(14-12-24(23)34-26)13-11-18-7-9-19(10-8-18)27-25(32)20-5-4-6-22-21(20)16-30(2)29-22/h4-6,16,18-19H,3,7-15,17H2,1-2H3,(H,27,32). The van der Waals surface area contributed by atoms with Crippen molar-refractivity contribution < 1.29 is 9.53 Å². The predicted molar refractivity (Wildman–Crippen MR) is 135 cm³/mol. The molecule has 0 unspecified atom stereocenters. The fraction of sp³-hybridized carbons (Fsp3) is 0.577. The van der Waals surface area contributed by atoms with Crippen molar-refractivity contribution in [1.29, 1.82) is 0 Å². The monoisotopic (exact) mass is 481 g/mol. The van der Waals surface area contributed by atoms with E-state index in [2.05, 4.69) is 22.2 Å². The molecule has 3 aromatic rings. The van der Waals surface area contributed by atoms with Crippen molar-refractivity contribution in [2.75, 3.05) is 19.7 Å². The van der Waals surface area contributed by atoms with Crippen molar-refractivity contribution in [3.63, 3.8) is 0 Å². The summed E-state index contributed by atoms with van der Waals surface area (Å²) in [5.74, 6) is 0.770. The van der Waals surface area contributed by atoms with Crippen LogP contribution in [0.2, 0.25) is 0 Å². The van der Waals surface area contributed by atoms with Gasteiger partial charge in [-0.15, -0.1) is 0 Å². The smallest absolute Gasteiger partial charge is 0.273 e. The van der Waals surface area contributed by atoms with Gasteiger partial charge in [-0.1, -0.05) is 24.3 Å². The van der Waals surface area contributed by atoms with Crippen molar-refractivity contribution >= 4 is 28.1 Å². The number of nitrogens with one attached hydrogen (secondary N) is 1. The van der Waals surface area contributed by atoms with Gasteiger partial charge >= 0.3 is 0 Å². The molecule has 5 rings (SSSR count). The first-order valence-corrected chi connectivity index (χ1v) is 13.5. The normalized spacial score (nSPS) is 20.9. The molecule has 34 heavy (non-hydrogen) atoms. The van der Waals surface area contributed by atoms with E-state index in [1.807, 2.05) is 31.4 Å². The Morgan fingerprint density at radius 1 is 1.26 bits per heavy atom. The lowest BCUT2D eigenvalue weighted by atomic mass is 9.84. The van der Waals surface area contributed by atoms with Crippen molar-refractivity contribution in [2.45, 2.75) is 64.5 Å². The molecule has 1 saturated carbocycles. The zero-order valence-corrected chi connectivity index (χ0v) is 21.1. The highest BCUT2D eigenvalue weighted by molar-refractivity contribution is 7.13. The number of rotatable bonds is 8. The number of benzene rings is 1. The first-order chi connectivity index (χ1) is 16.6. The van der Waals surface area contributed by atoms with Crippen molar-refractivity contribution in [3.05, 3.63) is 40.5 Å². The molecule has 1 amide bonds. The number of hydrogen-bond donors (Lipinski definition) is 1.